The van der Waals surface area contributed by atoms with Gasteiger partial charge in [-0.25, -0.2) is 4.98 Å². The first kappa shape index (κ1) is 23.7. The van der Waals surface area contributed by atoms with Crippen LogP contribution < -0.4 is 0 Å². The van der Waals surface area contributed by atoms with Crippen molar-refractivity contribution in [2.75, 3.05) is 0 Å². The average molecular weight is 397 g/mol. The summed E-state index contributed by atoms with van der Waals surface area (Å²) in [5.74, 6) is 0.697. The summed E-state index contributed by atoms with van der Waals surface area (Å²) in [7, 11) is 0. The zero-order chi connectivity index (χ0) is 20.6. The van der Waals surface area contributed by atoms with E-state index in [1.54, 1.807) is 0 Å². The molecule has 0 aliphatic carbocycles. The highest BCUT2D eigenvalue weighted by Gasteiger charge is 2.22. The molecule has 1 aromatic heterocycles. The lowest BCUT2D eigenvalue weighted by molar-refractivity contribution is 0.277. The molecule has 1 heterocycles. The summed E-state index contributed by atoms with van der Waals surface area (Å²) < 4.78 is 2.39. The van der Waals surface area contributed by atoms with E-state index in [0.717, 1.165) is 0 Å². The van der Waals surface area contributed by atoms with Crippen molar-refractivity contribution in [3.8, 4) is 0 Å². The van der Waals surface area contributed by atoms with Crippen molar-refractivity contribution in [2.24, 2.45) is 5.92 Å². The molecule has 0 amide bonds. The van der Waals surface area contributed by atoms with Crippen LogP contribution in [-0.4, -0.2) is 9.55 Å². The molecule has 2 heteroatoms. The van der Waals surface area contributed by atoms with Gasteiger partial charge < -0.3 is 4.57 Å². The fourth-order valence-electron chi connectivity index (χ4n) is 4.57. The lowest BCUT2D eigenvalue weighted by Gasteiger charge is -2.29. The smallest absolute Gasteiger partial charge is 0.0948 e. The first-order chi connectivity index (χ1) is 14.3. The molecule has 0 bridgehead atoms. The minimum atomic E-state index is 0.576. The van der Waals surface area contributed by atoms with E-state index in [-0.39, 0.29) is 0 Å². The van der Waals surface area contributed by atoms with Gasteiger partial charge in [-0.15, -0.1) is 0 Å². The van der Waals surface area contributed by atoms with Crippen LogP contribution in [0.2, 0.25) is 0 Å². The molecule has 2 aromatic rings. The lowest BCUT2D eigenvalue weighted by Crippen LogP contribution is -2.21. The average Bonchev–Trinajstić information content (AvgIpc) is 3.28. The predicted octanol–water partition coefficient (Wildman–Crippen LogP) is 8.39. The first-order valence-corrected chi connectivity index (χ1v) is 12.4. The first-order valence-electron chi connectivity index (χ1n) is 12.4. The summed E-state index contributed by atoms with van der Waals surface area (Å²) in [6.07, 6.45) is 25.1. The van der Waals surface area contributed by atoms with Crippen LogP contribution in [0.1, 0.15) is 109 Å². The Balaban J connectivity index is 1.87. The van der Waals surface area contributed by atoms with E-state index in [1.165, 1.54) is 95.5 Å². The van der Waals surface area contributed by atoms with Crippen molar-refractivity contribution in [3.63, 3.8) is 0 Å². The Bertz CT molecular complexity index is 590. The summed E-state index contributed by atoms with van der Waals surface area (Å²) in [5.41, 5.74) is 1.48. The van der Waals surface area contributed by atoms with Crippen molar-refractivity contribution in [1.82, 2.24) is 9.55 Å². The maximum atomic E-state index is 4.35. The summed E-state index contributed by atoms with van der Waals surface area (Å²) in [4.78, 5) is 4.35. The number of hydrogen-bond acceptors (Lipinski definition) is 1. The van der Waals surface area contributed by atoms with Crippen molar-refractivity contribution >= 4 is 0 Å². The van der Waals surface area contributed by atoms with Crippen LogP contribution in [0, 0.1) is 5.92 Å². The van der Waals surface area contributed by atoms with Gasteiger partial charge in [0.05, 0.1) is 6.33 Å². The molecule has 2 atom stereocenters. The molecule has 0 spiro atoms. The second kappa shape index (κ2) is 15.3. The predicted molar refractivity (Wildman–Crippen MR) is 126 cm³/mol. The Morgan fingerprint density at radius 1 is 0.759 bits per heavy atom. The van der Waals surface area contributed by atoms with Crippen LogP contribution in [0.3, 0.4) is 0 Å². The van der Waals surface area contributed by atoms with E-state index in [4.69, 9.17) is 0 Å². The standard InChI is InChI=1S/C27H44N2/c1-3-5-7-8-9-10-11-12-16-19-26(23-25-17-14-13-15-18-25)27(20-6-4-2)29-22-21-28-24-29/h13-15,17-18,21-22,24,26-27H,3-12,16,19-20,23H2,1-2H3. The molecule has 0 saturated carbocycles. The van der Waals surface area contributed by atoms with E-state index in [2.05, 4.69) is 59.9 Å². The highest BCUT2D eigenvalue weighted by atomic mass is 15.1. The summed E-state index contributed by atoms with van der Waals surface area (Å²) >= 11 is 0. The molecule has 0 radical (unpaired) electrons. The van der Waals surface area contributed by atoms with Gasteiger partial charge in [-0.2, -0.15) is 0 Å². The molecular weight excluding hydrogens is 352 g/mol. The minimum Gasteiger partial charge on any atom is -0.334 e. The second-order valence-corrected chi connectivity index (χ2v) is 8.79. The maximum Gasteiger partial charge on any atom is 0.0948 e. The van der Waals surface area contributed by atoms with Crippen molar-refractivity contribution < 1.29 is 0 Å². The number of benzene rings is 1. The van der Waals surface area contributed by atoms with Gasteiger partial charge in [-0.05, 0) is 30.7 Å². The third-order valence-electron chi connectivity index (χ3n) is 6.32. The number of imidazole rings is 1. The van der Waals surface area contributed by atoms with E-state index >= 15 is 0 Å². The SMILES string of the molecule is CCCCCCCCCCCC(Cc1ccccc1)C(CCCC)n1ccnc1. The molecule has 1 aromatic carbocycles. The van der Waals surface area contributed by atoms with Crippen LogP contribution >= 0.6 is 0 Å². The molecule has 2 unspecified atom stereocenters. The highest BCUT2D eigenvalue weighted by Crippen LogP contribution is 2.32. The Kier molecular flexibility index (Phi) is 12.5. The largest absolute Gasteiger partial charge is 0.334 e. The van der Waals surface area contributed by atoms with Crippen LogP contribution in [0.15, 0.2) is 49.1 Å². The van der Waals surface area contributed by atoms with Crippen LogP contribution in [-0.2, 0) is 6.42 Å². The molecule has 0 saturated heterocycles. The van der Waals surface area contributed by atoms with E-state index in [9.17, 15) is 0 Å². The molecule has 162 valence electrons. The monoisotopic (exact) mass is 396 g/mol. The van der Waals surface area contributed by atoms with Crippen LogP contribution in [0.25, 0.3) is 0 Å². The van der Waals surface area contributed by atoms with Gasteiger partial charge in [0.15, 0.2) is 0 Å². The van der Waals surface area contributed by atoms with E-state index in [1.807, 2.05) is 12.5 Å². The molecule has 2 nitrogen and oxygen atoms in total. The summed E-state index contributed by atoms with van der Waals surface area (Å²) in [5, 5.41) is 0. The van der Waals surface area contributed by atoms with Gasteiger partial charge >= 0.3 is 0 Å². The van der Waals surface area contributed by atoms with Gasteiger partial charge in [0.25, 0.3) is 0 Å². The third-order valence-corrected chi connectivity index (χ3v) is 6.32. The highest BCUT2D eigenvalue weighted by molar-refractivity contribution is 5.15. The van der Waals surface area contributed by atoms with Crippen LogP contribution in [0.4, 0.5) is 0 Å². The van der Waals surface area contributed by atoms with E-state index < -0.39 is 0 Å². The maximum absolute atomic E-state index is 4.35. The fourth-order valence-corrected chi connectivity index (χ4v) is 4.57. The summed E-state index contributed by atoms with van der Waals surface area (Å²) in [6.45, 7) is 4.60. The van der Waals surface area contributed by atoms with Gasteiger partial charge in [-0.3, -0.25) is 0 Å². The van der Waals surface area contributed by atoms with Crippen LogP contribution in [0.5, 0.6) is 0 Å². The molecular formula is C27H44N2. The Morgan fingerprint density at radius 2 is 1.41 bits per heavy atom. The molecule has 0 fully saturated rings. The number of unbranched alkanes of at least 4 members (excludes halogenated alkanes) is 9. The molecule has 0 N–H and O–H groups in total. The van der Waals surface area contributed by atoms with Gasteiger partial charge in [0, 0.05) is 18.4 Å². The molecule has 29 heavy (non-hydrogen) atoms. The molecule has 0 aliphatic rings. The minimum absolute atomic E-state index is 0.576. The Morgan fingerprint density at radius 3 is 2.03 bits per heavy atom. The zero-order valence-electron chi connectivity index (χ0n) is 19.1. The van der Waals surface area contributed by atoms with Crippen molar-refractivity contribution in [3.05, 3.63) is 54.6 Å². The number of aromatic nitrogens is 2. The second-order valence-electron chi connectivity index (χ2n) is 8.79. The van der Waals surface area contributed by atoms with Crippen molar-refractivity contribution in [1.29, 1.82) is 0 Å². The number of rotatable bonds is 17. The lowest BCUT2D eigenvalue weighted by atomic mass is 9.84. The number of hydrogen-bond donors (Lipinski definition) is 0. The normalized spacial score (nSPS) is 13.4. The summed E-state index contributed by atoms with van der Waals surface area (Å²) in [6, 6.07) is 11.7. The zero-order valence-corrected chi connectivity index (χ0v) is 19.1. The number of nitrogens with zero attached hydrogens (tertiary/aromatic N) is 2. The topological polar surface area (TPSA) is 17.8 Å². The van der Waals surface area contributed by atoms with E-state index in [0.29, 0.717) is 12.0 Å². The van der Waals surface area contributed by atoms with Gasteiger partial charge in [0.2, 0.25) is 0 Å². The van der Waals surface area contributed by atoms with Gasteiger partial charge in [-0.1, -0.05) is 115 Å². The Hall–Kier alpha value is -1.57. The Labute approximate surface area is 180 Å². The fraction of sp³-hybridized carbons (Fsp3) is 0.667. The third kappa shape index (κ3) is 9.65. The van der Waals surface area contributed by atoms with Crippen molar-refractivity contribution in [2.45, 2.75) is 110 Å². The van der Waals surface area contributed by atoms with Gasteiger partial charge in [0.1, 0.15) is 0 Å². The molecule has 2 rings (SSSR count). The molecule has 0 aliphatic heterocycles. The quantitative estimate of drug-likeness (QED) is 0.245.